The molecule has 130 valence electrons. The number of amides is 1. The Morgan fingerprint density at radius 2 is 1.96 bits per heavy atom. The summed E-state index contributed by atoms with van der Waals surface area (Å²) in [6.07, 6.45) is 0. The van der Waals surface area contributed by atoms with E-state index in [4.69, 9.17) is 0 Å². The summed E-state index contributed by atoms with van der Waals surface area (Å²) in [7, 11) is 3.85. The molecule has 25 heavy (non-hydrogen) atoms. The molecule has 0 aliphatic rings. The lowest BCUT2D eigenvalue weighted by atomic mass is 10.1. The van der Waals surface area contributed by atoms with E-state index < -0.39 is 0 Å². The predicted molar refractivity (Wildman–Crippen MR) is 102 cm³/mol. The number of nitrogens with zero attached hydrogens (tertiary/aromatic N) is 1. The molecule has 1 heterocycles. The molecule has 0 bridgehead atoms. The number of hydrogen-bond acceptors (Lipinski definition) is 3. The molecule has 1 aromatic heterocycles. The van der Waals surface area contributed by atoms with Crippen LogP contribution in [0.25, 0.3) is 10.1 Å². The number of likely N-dealkylation sites (N-methyl/N-ethyl adjacent to an activating group) is 1. The van der Waals surface area contributed by atoms with Crippen LogP contribution in [0.3, 0.4) is 0 Å². The lowest BCUT2D eigenvalue weighted by molar-refractivity contribution is 0.0945. The van der Waals surface area contributed by atoms with Crippen molar-refractivity contribution in [3.8, 4) is 0 Å². The van der Waals surface area contributed by atoms with Crippen molar-refractivity contribution in [3.05, 3.63) is 70.4 Å². The maximum Gasteiger partial charge on any atom is 0.261 e. The Morgan fingerprint density at radius 3 is 2.64 bits per heavy atom. The van der Waals surface area contributed by atoms with Gasteiger partial charge in [0.1, 0.15) is 5.82 Å². The summed E-state index contributed by atoms with van der Waals surface area (Å²) in [5, 5.41) is 4.13. The molecule has 3 aromatic rings. The highest BCUT2D eigenvalue weighted by molar-refractivity contribution is 7.21. The number of hydrogen-bond donors (Lipinski definition) is 1. The highest BCUT2D eigenvalue weighted by Gasteiger charge is 2.19. The molecule has 0 saturated heterocycles. The number of carbonyl (C=O) groups is 1. The molecule has 0 saturated carbocycles. The smallest absolute Gasteiger partial charge is 0.261 e. The first kappa shape index (κ1) is 17.6. The van der Waals surface area contributed by atoms with E-state index in [0.29, 0.717) is 6.54 Å². The third-order valence-electron chi connectivity index (χ3n) is 4.36. The molecule has 0 aliphatic heterocycles. The third kappa shape index (κ3) is 3.72. The zero-order valence-corrected chi connectivity index (χ0v) is 15.4. The van der Waals surface area contributed by atoms with Gasteiger partial charge in [-0.3, -0.25) is 4.79 Å². The molecule has 0 unspecified atom stereocenters. The molecule has 3 rings (SSSR count). The fourth-order valence-electron chi connectivity index (χ4n) is 2.97. The summed E-state index contributed by atoms with van der Waals surface area (Å²) < 4.78 is 14.6. The number of carbonyl (C=O) groups excluding carboxylic acids is 1. The van der Waals surface area contributed by atoms with Gasteiger partial charge < -0.3 is 10.2 Å². The number of thiophene rings is 1. The fraction of sp³-hybridized carbons (Fsp3) is 0.250. The zero-order valence-electron chi connectivity index (χ0n) is 14.5. The summed E-state index contributed by atoms with van der Waals surface area (Å²) in [5.41, 5.74) is 1.85. The van der Waals surface area contributed by atoms with Crippen molar-refractivity contribution in [3.63, 3.8) is 0 Å². The molecule has 1 N–H and O–H groups in total. The van der Waals surface area contributed by atoms with Crippen LogP contribution in [0.15, 0.2) is 48.5 Å². The second kappa shape index (κ2) is 7.33. The van der Waals surface area contributed by atoms with E-state index in [1.807, 2.05) is 56.3 Å². The maximum atomic E-state index is 13.5. The van der Waals surface area contributed by atoms with E-state index in [1.54, 1.807) is 6.07 Å². The summed E-state index contributed by atoms with van der Waals surface area (Å²) in [5.74, 6) is -0.349. The van der Waals surface area contributed by atoms with Gasteiger partial charge in [-0.05, 0) is 55.7 Å². The van der Waals surface area contributed by atoms with Crippen LogP contribution in [0, 0.1) is 12.7 Å². The van der Waals surface area contributed by atoms with E-state index in [-0.39, 0.29) is 17.8 Å². The molecule has 0 spiro atoms. The number of rotatable bonds is 5. The van der Waals surface area contributed by atoms with Crippen molar-refractivity contribution in [2.24, 2.45) is 0 Å². The van der Waals surface area contributed by atoms with Crippen molar-refractivity contribution in [2.75, 3.05) is 20.6 Å². The average Bonchev–Trinajstić information content (AvgIpc) is 2.92. The van der Waals surface area contributed by atoms with E-state index in [1.165, 1.54) is 23.5 Å². The molecule has 3 nitrogen and oxygen atoms in total. The van der Waals surface area contributed by atoms with Crippen LogP contribution in [0.2, 0.25) is 0 Å². The van der Waals surface area contributed by atoms with Gasteiger partial charge in [-0.15, -0.1) is 11.3 Å². The normalized spacial score (nSPS) is 12.5. The van der Waals surface area contributed by atoms with Gasteiger partial charge in [0, 0.05) is 11.2 Å². The Kier molecular flexibility index (Phi) is 5.16. The topological polar surface area (TPSA) is 32.3 Å². The van der Waals surface area contributed by atoms with Crippen LogP contribution in [-0.4, -0.2) is 31.4 Å². The van der Waals surface area contributed by atoms with Gasteiger partial charge in [0.15, 0.2) is 0 Å². The van der Waals surface area contributed by atoms with E-state index in [2.05, 4.69) is 5.32 Å². The van der Waals surface area contributed by atoms with Gasteiger partial charge in [-0.2, -0.15) is 0 Å². The van der Waals surface area contributed by atoms with Gasteiger partial charge >= 0.3 is 0 Å². The fourth-order valence-corrected chi connectivity index (χ4v) is 4.10. The van der Waals surface area contributed by atoms with Crippen molar-refractivity contribution in [1.29, 1.82) is 0 Å². The van der Waals surface area contributed by atoms with E-state index in [0.717, 1.165) is 26.1 Å². The molecule has 1 atom stereocenters. The highest BCUT2D eigenvalue weighted by Crippen LogP contribution is 2.30. The largest absolute Gasteiger partial charge is 0.349 e. The molecular formula is C20H21FN2OS. The Bertz CT molecular complexity index is 904. The molecular weight excluding hydrogens is 335 g/mol. The van der Waals surface area contributed by atoms with Crippen LogP contribution >= 0.6 is 11.3 Å². The number of benzene rings is 2. The quantitative estimate of drug-likeness (QED) is 0.736. The number of halogens is 1. The SMILES string of the molecule is Cc1c(C(=O)NC[C@@H](c2cccc(F)c2)N(C)C)sc2ccccc12. The number of nitrogens with one attached hydrogen (secondary N) is 1. The van der Waals surface area contributed by atoms with Gasteiger partial charge in [-0.1, -0.05) is 30.3 Å². The van der Waals surface area contributed by atoms with Crippen LogP contribution < -0.4 is 5.32 Å². The van der Waals surface area contributed by atoms with Gasteiger partial charge in [0.05, 0.1) is 10.9 Å². The van der Waals surface area contributed by atoms with E-state index in [9.17, 15) is 9.18 Å². The lowest BCUT2D eigenvalue weighted by Crippen LogP contribution is -2.34. The zero-order chi connectivity index (χ0) is 18.0. The molecule has 5 heteroatoms. The molecule has 0 radical (unpaired) electrons. The summed E-state index contributed by atoms with van der Waals surface area (Å²) >= 11 is 1.50. The molecule has 0 aliphatic carbocycles. The lowest BCUT2D eigenvalue weighted by Gasteiger charge is -2.25. The highest BCUT2D eigenvalue weighted by atomic mass is 32.1. The van der Waals surface area contributed by atoms with Crippen molar-refractivity contribution >= 4 is 27.3 Å². The van der Waals surface area contributed by atoms with Crippen LogP contribution in [0.4, 0.5) is 4.39 Å². The second-order valence-electron chi connectivity index (χ2n) is 6.30. The van der Waals surface area contributed by atoms with Gasteiger partial charge in [0.2, 0.25) is 0 Å². The number of fused-ring (bicyclic) bond motifs is 1. The summed E-state index contributed by atoms with van der Waals surface area (Å²) in [6.45, 7) is 2.40. The minimum atomic E-state index is -0.268. The van der Waals surface area contributed by atoms with Crippen molar-refractivity contribution in [2.45, 2.75) is 13.0 Å². The molecule has 1 amide bonds. The Hall–Kier alpha value is -2.24. The monoisotopic (exact) mass is 356 g/mol. The Labute approximate surface area is 151 Å². The Balaban J connectivity index is 1.78. The summed E-state index contributed by atoms with van der Waals surface area (Å²) in [6, 6.07) is 14.4. The van der Waals surface area contributed by atoms with Crippen LogP contribution in [0.1, 0.15) is 26.8 Å². The number of aryl methyl sites for hydroxylation is 1. The molecule has 0 fully saturated rings. The summed E-state index contributed by atoms with van der Waals surface area (Å²) in [4.78, 5) is 15.4. The second-order valence-corrected chi connectivity index (χ2v) is 7.35. The van der Waals surface area contributed by atoms with Crippen LogP contribution in [0.5, 0.6) is 0 Å². The van der Waals surface area contributed by atoms with Gasteiger partial charge in [0.25, 0.3) is 5.91 Å². The maximum absolute atomic E-state index is 13.5. The predicted octanol–water partition coefficient (Wildman–Crippen LogP) is 4.38. The Morgan fingerprint density at radius 1 is 1.20 bits per heavy atom. The van der Waals surface area contributed by atoms with E-state index >= 15 is 0 Å². The first-order valence-electron chi connectivity index (χ1n) is 8.15. The standard InChI is InChI=1S/C20H21FN2OS/c1-13-16-9-4-5-10-18(16)25-19(13)20(24)22-12-17(23(2)3)14-7-6-8-15(21)11-14/h4-11,17H,12H2,1-3H3,(H,22,24)/t17-/m0/s1. The molecule has 2 aromatic carbocycles. The average molecular weight is 356 g/mol. The third-order valence-corrected chi connectivity index (χ3v) is 5.63. The minimum Gasteiger partial charge on any atom is -0.349 e. The first-order valence-corrected chi connectivity index (χ1v) is 8.97. The van der Waals surface area contributed by atoms with Gasteiger partial charge in [-0.25, -0.2) is 4.39 Å². The minimum absolute atomic E-state index is 0.0815. The van der Waals surface area contributed by atoms with Crippen molar-refractivity contribution in [1.82, 2.24) is 10.2 Å². The van der Waals surface area contributed by atoms with Crippen LogP contribution in [-0.2, 0) is 0 Å². The van der Waals surface area contributed by atoms with Crippen molar-refractivity contribution < 1.29 is 9.18 Å². The first-order chi connectivity index (χ1) is 12.0.